The molecule has 0 aliphatic rings. The third-order valence-corrected chi connectivity index (χ3v) is 1.48. The third kappa shape index (κ3) is 7.92. The van der Waals surface area contributed by atoms with Crippen LogP contribution in [0.15, 0.2) is 0 Å². The van der Waals surface area contributed by atoms with Crippen molar-refractivity contribution in [3.8, 4) is 0 Å². The van der Waals surface area contributed by atoms with Crippen molar-refractivity contribution in [3.63, 3.8) is 0 Å². The molecule has 62 valence electrons. The lowest BCUT2D eigenvalue weighted by molar-refractivity contribution is 0.179. The summed E-state index contributed by atoms with van der Waals surface area (Å²) in [6, 6.07) is 0. The fourth-order valence-electron chi connectivity index (χ4n) is 0.868. The molecule has 1 atom stereocenters. The van der Waals surface area contributed by atoms with Gasteiger partial charge < -0.3 is 10.0 Å². The Balaban J connectivity index is 2.91. The van der Waals surface area contributed by atoms with Gasteiger partial charge in [0.05, 0.1) is 6.10 Å². The first-order valence-corrected chi connectivity index (χ1v) is 3.95. The second kappa shape index (κ2) is 5.69. The molecule has 0 rings (SSSR count). The van der Waals surface area contributed by atoms with Crippen molar-refractivity contribution in [1.82, 2.24) is 4.90 Å². The van der Waals surface area contributed by atoms with E-state index >= 15 is 0 Å². The number of hydrogen-bond donors (Lipinski definition) is 1. The van der Waals surface area contributed by atoms with Crippen molar-refractivity contribution in [1.29, 1.82) is 0 Å². The highest BCUT2D eigenvalue weighted by atomic mass is 16.3. The summed E-state index contributed by atoms with van der Waals surface area (Å²) in [6.07, 6.45) is 3.14. The van der Waals surface area contributed by atoms with Crippen LogP contribution in [0.2, 0.25) is 0 Å². The van der Waals surface area contributed by atoms with Gasteiger partial charge in [-0.2, -0.15) is 0 Å². The maximum Gasteiger partial charge on any atom is 0.0512 e. The minimum absolute atomic E-state index is 0.123. The summed E-state index contributed by atoms with van der Waals surface area (Å²) in [4.78, 5) is 2.17. The van der Waals surface area contributed by atoms with E-state index in [0.717, 1.165) is 19.4 Å². The molecule has 2 nitrogen and oxygen atoms in total. The standard InChI is InChI=1S/C8H19NO/c1-8(10)6-4-5-7-9(2)3/h8,10H,4-7H2,1-3H3/t8-/m0/s1. The highest BCUT2D eigenvalue weighted by Crippen LogP contribution is 1.99. The van der Waals surface area contributed by atoms with Gasteiger partial charge in [0.2, 0.25) is 0 Å². The lowest BCUT2D eigenvalue weighted by Crippen LogP contribution is -2.13. The van der Waals surface area contributed by atoms with Crippen LogP contribution in [0, 0.1) is 0 Å². The molecule has 0 aliphatic heterocycles. The van der Waals surface area contributed by atoms with Crippen LogP contribution in [0.25, 0.3) is 0 Å². The van der Waals surface area contributed by atoms with Crippen molar-refractivity contribution in [2.75, 3.05) is 20.6 Å². The molecule has 0 saturated heterocycles. The molecule has 1 N–H and O–H groups in total. The molecule has 0 heterocycles. The zero-order chi connectivity index (χ0) is 7.98. The van der Waals surface area contributed by atoms with Crippen LogP contribution < -0.4 is 0 Å². The van der Waals surface area contributed by atoms with Crippen LogP contribution in [0.1, 0.15) is 26.2 Å². The maximum absolute atomic E-state index is 8.90. The van der Waals surface area contributed by atoms with Crippen molar-refractivity contribution in [3.05, 3.63) is 0 Å². The minimum atomic E-state index is -0.123. The highest BCUT2D eigenvalue weighted by Gasteiger charge is 1.95. The number of unbranched alkanes of at least 4 members (excludes halogenated alkanes) is 1. The van der Waals surface area contributed by atoms with Crippen molar-refractivity contribution < 1.29 is 5.11 Å². The monoisotopic (exact) mass is 145 g/mol. The number of hydrogen-bond acceptors (Lipinski definition) is 2. The molecule has 0 fully saturated rings. The molecule has 0 aromatic rings. The fourth-order valence-corrected chi connectivity index (χ4v) is 0.868. The Hall–Kier alpha value is -0.0800. The molecule has 0 unspecified atom stereocenters. The van der Waals surface area contributed by atoms with Gasteiger partial charge in [0.1, 0.15) is 0 Å². The quantitative estimate of drug-likeness (QED) is 0.586. The molecular weight excluding hydrogens is 126 g/mol. The Kier molecular flexibility index (Phi) is 5.64. The average molecular weight is 145 g/mol. The van der Waals surface area contributed by atoms with Crippen molar-refractivity contribution in [2.45, 2.75) is 32.3 Å². The lowest BCUT2D eigenvalue weighted by atomic mass is 10.2. The summed E-state index contributed by atoms with van der Waals surface area (Å²) in [5.74, 6) is 0. The van der Waals surface area contributed by atoms with Crippen LogP contribution in [0.4, 0.5) is 0 Å². The van der Waals surface area contributed by atoms with Gasteiger partial charge in [-0.3, -0.25) is 0 Å². The van der Waals surface area contributed by atoms with Crippen LogP contribution in [0.3, 0.4) is 0 Å². The summed E-state index contributed by atoms with van der Waals surface area (Å²) < 4.78 is 0. The van der Waals surface area contributed by atoms with Gasteiger partial charge in [0.15, 0.2) is 0 Å². The van der Waals surface area contributed by atoms with Gasteiger partial charge in [-0.25, -0.2) is 0 Å². The normalized spacial score (nSPS) is 14.1. The molecule has 10 heavy (non-hydrogen) atoms. The molecule has 0 aromatic carbocycles. The molecule has 0 saturated carbocycles. The van der Waals surface area contributed by atoms with E-state index in [1.807, 2.05) is 6.92 Å². The summed E-state index contributed by atoms with van der Waals surface area (Å²) in [7, 11) is 4.14. The van der Waals surface area contributed by atoms with E-state index in [0.29, 0.717) is 0 Å². The smallest absolute Gasteiger partial charge is 0.0512 e. The molecule has 0 aliphatic carbocycles. The first-order valence-electron chi connectivity index (χ1n) is 3.95. The first kappa shape index (κ1) is 9.92. The van der Waals surface area contributed by atoms with Crippen LogP contribution >= 0.6 is 0 Å². The van der Waals surface area contributed by atoms with E-state index in [9.17, 15) is 0 Å². The van der Waals surface area contributed by atoms with Gasteiger partial charge in [-0.1, -0.05) is 0 Å². The summed E-state index contributed by atoms with van der Waals surface area (Å²) in [6.45, 7) is 2.97. The molecule has 0 bridgehead atoms. The second-order valence-corrected chi connectivity index (χ2v) is 3.15. The van der Waals surface area contributed by atoms with Gasteiger partial charge in [-0.05, 0) is 46.8 Å². The Morgan fingerprint density at radius 3 is 2.30 bits per heavy atom. The zero-order valence-corrected chi connectivity index (χ0v) is 7.30. The molecule has 0 amide bonds. The lowest BCUT2D eigenvalue weighted by Gasteiger charge is -2.09. The Labute approximate surface area is 63.8 Å². The number of aliphatic hydroxyl groups is 1. The van der Waals surface area contributed by atoms with E-state index in [2.05, 4.69) is 19.0 Å². The van der Waals surface area contributed by atoms with Crippen molar-refractivity contribution >= 4 is 0 Å². The third-order valence-electron chi connectivity index (χ3n) is 1.48. The Morgan fingerprint density at radius 1 is 1.30 bits per heavy atom. The van der Waals surface area contributed by atoms with Gasteiger partial charge in [-0.15, -0.1) is 0 Å². The molecule has 0 spiro atoms. The van der Waals surface area contributed by atoms with E-state index in [1.54, 1.807) is 0 Å². The minimum Gasteiger partial charge on any atom is -0.393 e. The SMILES string of the molecule is C[C@H](O)CCCCN(C)C. The number of nitrogens with zero attached hydrogens (tertiary/aromatic N) is 1. The number of rotatable bonds is 5. The molecular formula is C8H19NO. The van der Waals surface area contributed by atoms with Crippen LogP contribution in [-0.2, 0) is 0 Å². The predicted molar refractivity (Wildman–Crippen MR) is 44.1 cm³/mol. The summed E-state index contributed by atoms with van der Waals surface area (Å²) >= 11 is 0. The van der Waals surface area contributed by atoms with Gasteiger partial charge in [0.25, 0.3) is 0 Å². The fraction of sp³-hybridized carbons (Fsp3) is 1.00. The summed E-state index contributed by atoms with van der Waals surface area (Å²) in [5.41, 5.74) is 0. The highest BCUT2D eigenvalue weighted by molar-refractivity contribution is 4.49. The number of aliphatic hydroxyl groups excluding tert-OH is 1. The van der Waals surface area contributed by atoms with E-state index in [-0.39, 0.29) is 6.10 Å². The molecule has 0 aromatic heterocycles. The summed E-state index contributed by atoms with van der Waals surface area (Å²) in [5, 5.41) is 8.90. The molecule has 0 radical (unpaired) electrons. The second-order valence-electron chi connectivity index (χ2n) is 3.15. The Morgan fingerprint density at radius 2 is 1.90 bits per heavy atom. The van der Waals surface area contributed by atoms with Gasteiger partial charge in [0, 0.05) is 0 Å². The average Bonchev–Trinajstić information content (AvgIpc) is 1.79. The van der Waals surface area contributed by atoms with Crippen LogP contribution in [-0.4, -0.2) is 36.8 Å². The molecule has 2 heteroatoms. The zero-order valence-electron chi connectivity index (χ0n) is 7.30. The van der Waals surface area contributed by atoms with Crippen LogP contribution in [0.5, 0.6) is 0 Å². The van der Waals surface area contributed by atoms with E-state index in [4.69, 9.17) is 5.11 Å². The Bertz CT molecular complexity index is 61.7. The van der Waals surface area contributed by atoms with Crippen molar-refractivity contribution in [2.24, 2.45) is 0 Å². The first-order chi connectivity index (χ1) is 4.63. The van der Waals surface area contributed by atoms with Gasteiger partial charge >= 0.3 is 0 Å². The topological polar surface area (TPSA) is 23.5 Å². The predicted octanol–water partition coefficient (Wildman–Crippen LogP) is 1.10. The maximum atomic E-state index is 8.90. The van der Waals surface area contributed by atoms with E-state index in [1.165, 1.54) is 6.42 Å². The largest absolute Gasteiger partial charge is 0.393 e. The van der Waals surface area contributed by atoms with E-state index < -0.39 is 0 Å².